The number of ether oxygens (including phenoxy) is 1. The SMILES string of the molecule is NC/C=C/c1ccc2c(c1)OCCC2. The summed E-state index contributed by atoms with van der Waals surface area (Å²) in [6.45, 7) is 1.43. The molecule has 0 unspecified atom stereocenters. The van der Waals surface area contributed by atoms with Crippen LogP contribution in [-0.2, 0) is 6.42 Å². The maximum Gasteiger partial charge on any atom is 0.123 e. The Kier molecular flexibility index (Phi) is 2.84. The topological polar surface area (TPSA) is 35.2 Å². The molecule has 0 fully saturated rings. The first-order valence-corrected chi connectivity index (χ1v) is 5.02. The minimum atomic E-state index is 0.581. The minimum absolute atomic E-state index is 0.581. The van der Waals surface area contributed by atoms with Crippen LogP contribution in [0.4, 0.5) is 0 Å². The number of aryl methyl sites for hydroxylation is 1. The molecule has 0 bridgehead atoms. The van der Waals surface area contributed by atoms with Crippen molar-refractivity contribution in [2.75, 3.05) is 13.2 Å². The van der Waals surface area contributed by atoms with Crippen molar-refractivity contribution in [3.05, 3.63) is 35.4 Å². The second-order valence-corrected chi connectivity index (χ2v) is 3.46. The fourth-order valence-electron chi connectivity index (χ4n) is 1.66. The number of hydrogen-bond acceptors (Lipinski definition) is 2. The Hall–Kier alpha value is -1.28. The lowest BCUT2D eigenvalue weighted by molar-refractivity contribution is 0.288. The average Bonchev–Trinajstić information content (AvgIpc) is 2.26. The van der Waals surface area contributed by atoms with E-state index in [1.807, 2.05) is 12.2 Å². The summed E-state index contributed by atoms with van der Waals surface area (Å²) in [5.41, 5.74) is 7.88. The van der Waals surface area contributed by atoms with Gasteiger partial charge in [0.1, 0.15) is 5.75 Å². The van der Waals surface area contributed by atoms with Crippen LogP contribution in [0.15, 0.2) is 24.3 Å². The molecular formula is C12H15NO. The van der Waals surface area contributed by atoms with Crippen molar-refractivity contribution in [1.29, 1.82) is 0 Å². The number of benzene rings is 1. The van der Waals surface area contributed by atoms with Crippen LogP contribution in [0.1, 0.15) is 17.5 Å². The predicted molar refractivity (Wildman–Crippen MR) is 58.3 cm³/mol. The zero-order valence-electron chi connectivity index (χ0n) is 8.20. The molecule has 2 heteroatoms. The maximum absolute atomic E-state index is 5.58. The molecule has 0 aliphatic carbocycles. The number of hydrogen-bond donors (Lipinski definition) is 1. The van der Waals surface area contributed by atoms with Gasteiger partial charge >= 0.3 is 0 Å². The van der Waals surface area contributed by atoms with Crippen molar-refractivity contribution in [3.63, 3.8) is 0 Å². The Morgan fingerprint density at radius 2 is 2.36 bits per heavy atom. The average molecular weight is 189 g/mol. The summed E-state index contributed by atoms with van der Waals surface area (Å²) in [6, 6.07) is 6.34. The third-order valence-electron chi connectivity index (χ3n) is 2.39. The van der Waals surface area contributed by atoms with Gasteiger partial charge in [0.15, 0.2) is 0 Å². The standard InChI is InChI=1S/C12H15NO/c13-7-1-3-10-5-6-11-4-2-8-14-12(11)9-10/h1,3,5-6,9H,2,4,7-8,13H2/b3-1+. The maximum atomic E-state index is 5.58. The highest BCUT2D eigenvalue weighted by Gasteiger charge is 2.09. The van der Waals surface area contributed by atoms with E-state index in [4.69, 9.17) is 10.5 Å². The van der Waals surface area contributed by atoms with Gasteiger partial charge in [0.05, 0.1) is 6.61 Å². The van der Waals surface area contributed by atoms with E-state index in [0.717, 1.165) is 30.8 Å². The van der Waals surface area contributed by atoms with E-state index in [1.54, 1.807) is 0 Å². The molecule has 74 valence electrons. The number of rotatable bonds is 2. The molecule has 1 aromatic carbocycles. The quantitative estimate of drug-likeness (QED) is 0.772. The molecule has 1 heterocycles. The fourth-order valence-corrected chi connectivity index (χ4v) is 1.66. The van der Waals surface area contributed by atoms with Crippen LogP contribution in [0, 0.1) is 0 Å². The fraction of sp³-hybridized carbons (Fsp3) is 0.333. The summed E-state index contributed by atoms with van der Waals surface area (Å²) in [5.74, 6) is 1.04. The van der Waals surface area contributed by atoms with Gasteiger partial charge in [-0.1, -0.05) is 24.3 Å². The lowest BCUT2D eigenvalue weighted by Gasteiger charge is -2.17. The molecule has 1 aliphatic heterocycles. The van der Waals surface area contributed by atoms with Gasteiger partial charge < -0.3 is 10.5 Å². The van der Waals surface area contributed by atoms with Gasteiger partial charge in [-0.2, -0.15) is 0 Å². The summed E-state index contributed by atoms with van der Waals surface area (Å²) in [4.78, 5) is 0. The molecular weight excluding hydrogens is 174 g/mol. The molecule has 1 aromatic rings. The van der Waals surface area contributed by atoms with Gasteiger partial charge in [-0.05, 0) is 30.0 Å². The minimum Gasteiger partial charge on any atom is -0.493 e. The molecule has 2 nitrogen and oxygen atoms in total. The summed E-state index contributed by atoms with van der Waals surface area (Å²) < 4.78 is 5.58. The zero-order valence-corrected chi connectivity index (χ0v) is 8.20. The Labute approximate surface area is 84.4 Å². The summed E-state index contributed by atoms with van der Waals surface area (Å²) in [5, 5.41) is 0. The van der Waals surface area contributed by atoms with Gasteiger partial charge in [-0.3, -0.25) is 0 Å². The molecule has 0 atom stereocenters. The van der Waals surface area contributed by atoms with Crippen LogP contribution in [0.25, 0.3) is 6.08 Å². The predicted octanol–water partition coefficient (Wildman–Crippen LogP) is 1.98. The summed E-state index contributed by atoms with van der Waals surface area (Å²) >= 11 is 0. The molecule has 0 amide bonds. The first kappa shape index (κ1) is 9.28. The van der Waals surface area contributed by atoms with Crippen LogP contribution in [0.2, 0.25) is 0 Å². The second-order valence-electron chi connectivity index (χ2n) is 3.46. The molecule has 2 N–H and O–H groups in total. The summed E-state index contributed by atoms with van der Waals surface area (Å²) in [6.07, 6.45) is 6.24. The summed E-state index contributed by atoms with van der Waals surface area (Å²) in [7, 11) is 0. The van der Waals surface area contributed by atoms with Crippen LogP contribution in [0.5, 0.6) is 5.75 Å². The van der Waals surface area contributed by atoms with E-state index >= 15 is 0 Å². The molecule has 2 rings (SSSR count). The van der Waals surface area contributed by atoms with E-state index in [1.165, 1.54) is 5.56 Å². The van der Waals surface area contributed by atoms with Crippen molar-refractivity contribution in [2.24, 2.45) is 5.73 Å². The molecule has 0 aromatic heterocycles. The molecule has 0 saturated carbocycles. The van der Waals surface area contributed by atoms with Crippen molar-refractivity contribution in [2.45, 2.75) is 12.8 Å². The van der Waals surface area contributed by atoms with E-state index in [0.29, 0.717) is 6.54 Å². The molecule has 0 saturated heterocycles. The van der Waals surface area contributed by atoms with E-state index < -0.39 is 0 Å². The van der Waals surface area contributed by atoms with E-state index in [2.05, 4.69) is 18.2 Å². The van der Waals surface area contributed by atoms with Gasteiger partial charge in [0, 0.05) is 6.54 Å². The number of nitrogens with two attached hydrogens (primary N) is 1. The van der Waals surface area contributed by atoms with E-state index in [-0.39, 0.29) is 0 Å². The molecule has 1 aliphatic rings. The Balaban J connectivity index is 2.24. The molecule has 0 radical (unpaired) electrons. The Bertz CT molecular complexity index is 344. The smallest absolute Gasteiger partial charge is 0.123 e. The Morgan fingerprint density at radius 3 is 3.21 bits per heavy atom. The Morgan fingerprint density at radius 1 is 1.43 bits per heavy atom. The van der Waals surface area contributed by atoms with Crippen molar-refractivity contribution in [3.8, 4) is 5.75 Å². The lowest BCUT2D eigenvalue weighted by Crippen LogP contribution is -2.08. The highest BCUT2D eigenvalue weighted by molar-refractivity contribution is 5.54. The van der Waals surface area contributed by atoms with Gasteiger partial charge in [-0.15, -0.1) is 0 Å². The van der Waals surface area contributed by atoms with Crippen molar-refractivity contribution >= 4 is 6.08 Å². The lowest BCUT2D eigenvalue weighted by atomic mass is 10.0. The first-order valence-electron chi connectivity index (χ1n) is 5.02. The third-order valence-corrected chi connectivity index (χ3v) is 2.39. The van der Waals surface area contributed by atoms with Gasteiger partial charge in [0.25, 0.3) is 0 Å². The second kappa shape index (κ2) is 4.29. The third kappa shape index (κ3) is 1.96. The van der Waals surface area contributed by atoms with Crippen LogP contribution in [0.3, 0.4) is 0 Å². The first-order chi connectivity index (χ1) is 6.90. The molecule has 0 spiro atoms. The van der Waals surface area contributed by atoms with Crippen molar-refractivity contribution in [1.82, 2.24) is 0 Å². The molecule has 14 heavy (non-hydrogen) atoms. The van der Waals surface area contributed by atoms with E-state index in [9.17, 15) is 0 Å². The highest BCUT2D eigenvalue weighted by atomic mass is 16.5. The van der Waals surface area contributed by atoms with Gasteiger partial charge in [-0.25, -0.2) is 0 Å². The largest absolute Gasteiger partial charge is 0.493 e. The van der Waals surface area contributed by atoms with Crippen LogP contribution < -0.4 is 10.5 Å². The normalized spacial score (nSPS) is 15.2. The number of fused-ring (bicyclic) bond motifs is 1. The van der Waals surface area contributed by atoms with Crippen molar-refractivity contribution < 1.29 is 4.74 Å². The zero-order chi connectivity index (χ0) is 9.80. The van der Waals surface area contributed by atoms with Crippen LogP contribution >= 0.6 is 0 Å². The monoisotopic (exact) mass is 189 g/mol. The highest BCUT2D eigenvalue weighted by Crippen LogP contribution is 2.26. The van der Waals surface area contributed by atoms with Crippen LogP contribution in [-0.4, -0.2) is 13.2 Å². The van der Waals surface area contributed by atoms with Gasteiger partial charge in [0.2, 0.25) is 0 Å².